The number of halogens is 5. The number of piperidine rings is 1. The van der Waals surface area contributed by atoms with E-state index >= 15 is 0 Å². The lowest BCUT2D eigenvalue weighted by Gasteiger charge is -2.42. The first-order valence-corrected chi connectivity index (χ1v) is 12.8. The first-order valence-electron chi connectivity index (χ1n) is 12.8. The zero-order chi connectivity index (χ0) is 28.3. The van der Waals surface area contributed by atoms with E-state index in [9.17, 15) is 31.9 Å². The van der Waals surface area contributed by atoms with Crippen LogP contribution in [-0.4, -0.2) is 59.3 Å². The van der Waals surface area contributed by atoms with Crippen molar-refractivity contribution in [2.75, 3.05) is 26.2 Å². The van der Waals surface area contributed by atoms with E-state index in [0.717, 1.165) is 53.6 Å². The van der Waals surface area contributed by atoms with Gasteiger partial charge in [-0.3, -0.25) is 14.6 Å². The average Bonchev–Trinajstić information content (AvgIpc) is 2.90. The summed E-state index contributed by atoms with van der Waals surface area (Å²) in [5, 5.41) is 4.55. The van der Waals surface area contributed by atoms with Gasteiger partial charge in [-0.25, -0.2) is 27.4 Å². The first kappa shape index (κ1) is 31.1. The summed E-state index contributed by atoms with van der Waals surface area (Å²) in [6.45, 7) is 5.02. The second-order valence-electron chi connectivity index (χ2n) is 9.86. The molecule has 1 fully saturated rings. The number of urea groups is 1. The Morgan fingerprint density at radius 2 is 1.65 bits per heavy atom. The smallest absolute Gasteiger partial charge is 0.310 e. The highest BCUT2D eigenvalue weighted by Crippen LogP contribution is 2.36. The van der Waals surface area contributed by atoms with Crippen LogP contribution >= 0.6 is 12.4 Å². The summed E-state index contributed by atoms with van der Waals surface area (Å²) in [5.41, 5.74) is 1.12. The molecule has 0 aromatic heterocycles. The number of hydrogen-bond donors (Lipinski definition) is 1. The van der Waals surface area contributed by atoms with Gasteiger partial charge in [-0.15, -0.1) is 12.4 Å². The minimum atomic E-state index is -1.67. The highest BCUT2D eigenvalue weighted by atomic mass is 35.5. The summed E-state index contributed by atoms with van der Waals surface area (Å²) in [6, 6.07) is 5.88. The number of allylic oxidation sites excluding steroid dienone is 1. The van der Waals surface area contributed by atoms with Crippen molar-refractivity contribution in [1.82, 2.24) is 20.2 Å². The molecule has 1 atom stereocenters. The Morgan fingerprint density at radius 3 is 2.20 bits per heavy atom. The Labute approximate surface area is 236 Å². The molecule has 216 valence electrons. The lowest BCUT2D eigenvalue weighted by Crippen LogP contribution is -2.56. The number of hydrogen-bond acceptors (Lipinski definition) is 4. The predicted octanol–water partition coefficient (Wildman–Crippen LogP) is 5.24. The predicted molar refractivity (Wildman–Crippen MR) is 142 cm³/mol. The van der Waals surface area contributed by atoms with Crippen molar-refractivity contribution in [1.29, 1.82) is 0 Å². The number of likely N-dealkylation sites (tertiary alicyclic amines) is 1. The molecule has 2 aromatic rings. The molecule has 7 nitrogen and oxygen atoms in total. The van der Waals surface area contributed by atoms with Crippen LogP contribution in [-0.2, 0) is 9.59 Å². The number of rotatable bonds is 9. The molecule has 0 saturated carbocycles. The van der Waals surface area contributed by atoms with E-state index in [0.29, 0.717) is 25.3 Å². The largest absolute Gasteiger partial charge is 0.341 e. The van der Waals surface area contributed by atoms with Crippen LogP contribution in [0.3, 0.4) is 0 Å². The van der Waals surface area contributed by atoms with Crippen molar-refractivity contribution in [2.45, 2.75) is 45.1 Å². The van der Waals surface area contributed by atoms with Crippen LogP contribution in [0.2, 0.25) is 0 Å². The fourth-order valence-electron chi connectivity index (χ4n) is 5.38. The summed E-state index contributed by atoms with van der Waals surface area (Å²) < 4.78 is 55.2. The Balaban J connectivity index is 0.00000441. The molecular weight excluding hydrogens is 552 g/mol. The molecular formula is C28H31ClF4N4O3. The quantitative estimate of drug-likeness (QED) is 0.249. The number of amides is 3. The monoisotopic (exact) mass is 582 g/mol. The van der Waals surface area contributed by atoms with Gasteiger partial charge in [0.05, 0.1) is 0 Å². The van der Waals surface area contributed by atoms with Crippen molar-refractivity contribution in [3.05, 3.63) is 82.1 Å². The molecule has 0 radical (unpaired) electrons. The van der Waals surface area contributed by atoms with E-state index in [1.165, 1.54) is 26.0 Å². The van der Waals surface area contributed by atoms with Gasteiger partial charge in [-0.2, -0.15) is 0 Å². The zero-order valence-electron chi connectivity index (χ0n) is 22.1. The third kappa shape index (κ3) is 6.64. The Morgan fingerprint density at radius 1 is 1.05 bits per heavy atom. The Kier molecular flexibility index (Phi) is 10.3. The van der Waals surface area contributed by atoms with Crippen molar-refractivity contribution in [3.8, 4) is 0 Å². The number of carbonyl (C=O) groups excluding carboxylic acids is 3. The zero-order valence-corrected chi connectivity index (χ0v) is 22.9. The topological polar surface area (TPSA) is 73.0 Å². The van der Waals surface area contributed by atoms with Crippen molar-refractivity contribution < 1.29 is 31.9 Å². The van der Waals surface area contributed by atoms with Gasteiger partial charge < -0.3 is 10.2 Å². The molecule has 1 unspecified atom stereocenters. The summed E-state index contributed by atoms with van der Waals surface area (Å²) >= 11 is 0. The van der Waals surface area contributed by atoms with Crippen molar-refractivity contribution in [3.63, 3.8) is 0 Å². The van der Waals surface area contributed by atoms with Crippen molar-refractivity contribution in [2.24, 2.45) is 0 Å². The number of ketones is 1. The number of nitrogens with one attached hydrogen (secondary N) is 1. The van der Waals surface area contributed by atoms with Gasteiger partial charge in [0.1, 0.15) is 11.9 Å². The Bertz CT molecular complexity index is 1260. The second-order valence-corrected chi connectivity index (χ2v) is 9.86. The number of Topliss-reactive ketones (excluding diaryl/α,β-unsaturated/α-hetero) is 1. The van der Waals surface area contributed by atoms with E-state index in [1.807, 2.05) is 12.1 Å². The maximum absolute atomic E-state index is 14.1. The van der Waals surface area contributed by atoms with E-state index in [1.54, 1.807) is 0 Å². The van der Waals surface area contributed by atoms with Gasteiger partial charge in [-0.1, -0.05) is 12.1 Å². The fourth-order valence-corrected chi connectivity index (χ4v) is 5.38. The van der Waals surface area contributed by atoms with Crippen LogP contribution in [0.4, 0.5) is 22.4 Å². The van der Waals surface area contributed by atoms with Crippen LogP contribution in [0.1, 0.15) is 56.2 Å². The fraction of sp³-hybridized carbons (Fsp3) is 0.393. The molecule has 40 heavy (non-hydrogen) atoms. The minimum Gasteiger partial charge on any atom is -0.310 e. The van der Waals surface area contributed by atoms with Crippen LogP contribution in [0.25, 0.3) is 0 Å². The van der Waals surface area contributed by atoms with E-state index in [2.05, 4.69) is 10.2 Å². The Hall–Kier alpha value is -3.44. The highest BCUT2D eigenvalue weighted by Gasteiger charge is 2.40. The molecule has 2 aliphatic heterocycles. The minimum absolute atomic E-state index is 0. The SMILES string of the molecule is CC(=O)C1=C(C)NC(=O)N(N(C=O)CCCN2CCC(c3ccc(F)cc3)CC2)C1c1cc(F)c(F)c(F)c1.Cl. The summed E-state index contributed by atoms with van der Waals surface area (Å²) in [5.74, 6) is -5.04. The summed E-state index contributed by atoms with van der Waals surface area (Å²) in [7, 11) is 0. The maximum Gasteiger partial charge on any atom is 0.341 e. The van der Waals surface area contributed by atoms with Gasteiger partial charge in [0.25, 0.3) is 0 Å². The van der Waals surface area contributed by atoms with Crippen molar-refractivity contribution >= 4 is 30.6 Å². The molecule has 12 heteroatoms. The van der Waals surface area contributed by atoms with Crippen LogP contribution < -0.4 is 5.32 Å². The molecule has 1 N–H and O–H groups in total. The van der Waals surface area contributed by atoms with Gasteiger partial charge in [0.2, 0.25) is 6.41 Å². The van der Waals surface area contributed by atoms with E-state index in [-0.39, 0.29) is 41.6 Å². The standard InChI is InChI=1S/C28H30F4N4O3.ClH/c1-17-25(18(2)38)27(21-14-23(30)26(32)24(31)15-21)36(28(39)33-17)35(16-37)11-3-10-34-12-8-20(9-13-34)19-4-6-22(29)7-5-19;/h4-7,14-16,20,27H,3,8-13H2,1-2H3,(H,33,39);1H. The highest BCUT2D eigenvalue weighted by molar-refractivity contribution is 5.98. The van der Waals surface area contributed by atoms with Gasteiger partial charge >= 0.3 is 6.03 Å². The van der Waals surface area contributed by atoms with Gasteiger partial charge in [-0.05, 0) is 94.1 Å². The van der Waals surface area contributed by atoms with Gasteiger partial charge in [0.15, 0.2) is 23.2 Å². The third-order valence-electron chi connectivity index (χ3n) is 7.31. The van der Waals surface area contributed by atoms with E-state index in [4.69, 9.17) is 0 Å². The molecule has 1 saturated heterocycles. The lowest BCUT2D eigenvalue weighted by atomic mass is 9.89. The molecule has 3 amide bonds. The van der Waals surface area contributed by atoms with Crippen LogP contribution in [0.15, 0.2) is 47.7 Å². The molecule has 0 bridgehead atoms. The summed E-state index contributed by atoms with van der Waals surface area (Å²) in [6.07, 6.45) is 2.68. The number of carbonyl (C=O) groups is 3. The number of benzene rings is 2. The van der Waals surface area contributed by atoms with Crippen LogP contribution in [0, 0.1) is 23.3 Å². The molecule has 0 aliphatic carbocycles. The molecule has 2 heterocycles. The van der Waals surface area contributed by atoms with E-state index < -0.39 is 35.3 Å². The van der Waals surface area contributed by atoms with Crippen LogP contribution in [0.5, 0.6) is 0 Å². The van der Waals surface area contributed by atoms with Gasteiger partial charge in [0, 0.05) is 17.8 Å². The second kappa shape index (κ2) is 13.3. The number of nitrogens with zero attached hydrogens (tertiary/aromatic N) is 3. The maximum atomic E-state index is 14.1. The third-order valence-corrected chi connectivity index (χ3v) is 7.31. The first-order chi connectivity index (χ1) is 18.6. The lowest BCUT2D eigenvalue weighted by molar-refractivity contribution is -0.134. The molecule has 0 spiro atoms. The molecule has 2 aliphatic rings. The average molecular weight is 583 g/mol. The molecule has 4 rings (SSSR count). The number of hydrazine groups is 1. The normalized spacial score (nSPS) is 18.3. The summed E-state index contributed by atoms with van der Waals surface area (Å²) in [4.78, 5) is 39.9. The molecule has 2 aromatic carbocycles.